The lowest BCUT2D eigenvalue weighted by Crippen LogP contribution is -2.31. The third-order valence-corrected chi connectivity index (χ3v) is 1.71. The van der Waals surface area contributed by atoms with Gasteiger partial charge in [-0.25, -0.2) is 0 Å². The number of ether oxygens (including phenoxy) is 1. The maximum atomic E-state index is 11.8. The first kappa shape index (κ1) is 18.0. The highest BCUT2D eigenvalue weighted by Crippen LogP contribution is 2.28. The average Bonchev–Trinajstić information content (AvgIpc) is 2.12. The highest BCUT2D eigenvalue weighted by molar-refractivity contribution is 5.17. The van der Waals surface area contributed by atoms with Gasteiger partial charge in [-0.05, 0) is 41.5 Å². The molecule has 0 bridgehead atoms. The molecule has 0 N–H and O–H groups in total. The Hall–Kier alpha value is -1.03. The van der Waals surface area contributed by atoms with Gasteiger partial charge < -0.3 is 4.74 Å². The van der Waals surface area contributed by atoms with E-state index in [0.717, 1.165) is 12.1 Å². The van der Waals surface area contributed by atoms with Gasteiger partial charge in [-0.3, -0.25) is 0 Å². The minimum absolute atomic E-state index is 0.0156. The van der Waals surface area contributed by atoms with E-state index in [4.69, 9.17) is 4.74 Å². The van der Waals surface area contributed by atoms with Crippen molar-refractivity contribution < 1.29 is 17.9 Å². The standard InChI is InChI=1S/C8H18O.C7H5F3/c1-7(2,3)9-8(4,5)6;8-7(9,10)6-4-2-1-3-5-6/h1-6H3;1-5H. The molecule has 0 radical (unpaired) electrons. The molecule has 0 saturated carbocycles. The molecule has 1 rings (SSSR count). The molecule has 1 aromatic carbocycles. The molecule has 0 saturated heterocycles. The number of alkyl halides is 3. The van der Waals surface area contributed by atoms with Gasteiger partial charge in [-0.15, -0.1) is 0 Å². The summed E-state index contributed by atoms with van der Waals surface area (Å²) in [4.78, 5) is 0. The van der Waals surface area contributed by atoms with Gasteiger partial charge in [-0.2, -0.15) is 13.2 Å². The fourth-order valence-corrected chi connectivity index (χ4v) is 1.55. The number of rotatable bonds is 0. The van der Waals surface area contributed by atoms with E-state index in [-0.39, 0.29) is 11.2 Å². The number of benzene rings is 1. The van der Waals surface area contributed by atoms with Crippen LogP contribution in [0.1, 0.15) is 47.1 Å². The predicted molar refractivity (Wildman–Crippen MR) is 72.0 cm³/mol. The first-order valence-electron chi connectivity index (χ1n) is 6.14. The topological polar surface area (TPSA) is 9.23 Å². The molecule has 4 heteroatoms. The Balaban J connectivity index is 0.000000344. The molecule has 0 amide bonds. The molecule has 0 aliphatic rings. The summed E-state index contributed by atoms with van der Waals surface area (Å²) in [6, 6.07) is 6.36. The average molecular weight is 276 g/mol. The van der Waals surface area contributed by atoms with Crippen molar-refractivity contribution in [3.05, 3.63) is 35.9 Å². The van der Waals surface area contributed by atoms with Gasteiger partial charge in [0.05, 0.1) is 16.8 Å². The molecule has 0 aliphatic carbocycles. The molecule has 0 unspecified atom stereocenters. The monoisotopic (exact) mass is 276 g/mol. The first-order chi connectivity index (χ1) is 8.31. The molecular weight excluding hydrogens is 253 g/mol. The van der Waals surface area contributed by atoms with E-state index in [0.29, 0.717) is 0 Å². The number of hydrogen-bond acceptors (Lipinski definition) is 1. The van der Waals surface area contributed by atoms with Gasteiger partial charge in [-0.1, -0.05) is 30.3 Å². The van der Waals surface area contributed by atoms with Crippen molar-refractivity contribution in [1.82, 2.24) is 0 Å². The molecule has 0 heterocycles. The molecular formula is C15H23F3O. The molecule has 0 atom stereocenters. The van der Waals surface area contributed by atoms with Crippen molar-refractivity contribution >= 4 is 0 Å². The van der Waals surface area contributed by atoms with Crippen LogP contribution in [0.4, 0.5) is 13.2 Å². The second-order valence-electron chi connectivity index (χ2n) is 6.19. The number of hydrogen-bond donors (Lipinski definition) is 0. The van der Waals surface area contributed by atoms with E-state index in [1.54, 1.807) is 6.07 Å². The fraction of sp³-hybridized carbons (Fsp3) is 0.600. The zero-order valence-corrected chi connectivity index (χ0v) is 12.4. The van der Waals surface area contributed by atoms with Crippen molar-refractivity contribution in [2.75, 3.05) is 0 Å². The minimum atomic E-state index is -4.21. The normalized spacial score (nSPS) is 12.7. The van der Waals surface area contributed by atoms with Gasteiger partial charge in [0.2, 0.25) is 0 Å². The predicted octanol–water partition coefficient (Wildman–Crippen LogP) is 5.31. The van der Waals surface area contributed by atoms with E-state index in [2.05, 4.69) is 41.5 Å². The first-order valence-corrected chi connectivity index (χ1v) is 6.14. The smallest absolute Gasteiger partial charge is 0.370 e. The lowest BCUT2D eigenvalue weighted by Gasteiger charge is -2.30. The van der Waals surface area contributed by atoms with Crippen LogP contribution in [0.2, 0.25) is 0 Å². The van der Waals surface area contributed by atoms with Crippen LogP contribution in [0.5, 0.6) is 0 Å². The van der Waals surface area contributed by atoms with Crippen LogP contribution in [0.25, 0.3) is 0 Å². The highest BCUT2D eigenvalue weighted by Gasteiger charge is 2.29. The second-order valence-corrected chi connectivity index (χ2v) is 6.19. The molecule has 19 heavy (non-hydrogen) atoms. The van der Waals surface area contributed by atoms with Crippen LogP contribution >= 0.6 is 0 Å². The Morgan fingerprint density at radius 3 is 1.26 bits per heavy atom. The molecule has 0 aromatic heterocycles. The summed E-state index contributed by atoms with van der Waals surface area (Å²) in [6.07, 6.45) is -4.21. The fourth-order valence-electron chi connectivity index (χ4n) is 1.55. The maximum Gasteiger partial charge on any atom is 0.416 e. The summed E-state index contributed by atoms with van der Waals surface area (Å²) >= 11 is 0. The molecule has 110 valence electrons. The summed E-state index contributed by atoms with van der Waals surface area (Å²) in [6.45, 7) is 12.4. The third kappa shape index (κ3) is 10.6. The Morgan fingerprint density at radius 1 is 0.737 bits per heavy atom. The largest absolute Gasteiger partial charge is 0.416 e. The van der Waals surface area contributed by atoms with Gasteiger partial charge in [0, 0.05) is 0 Å². The highest BCUT2D eigenvalue weighted by atomic mass is 19.4. The van der Waals surface area contributed by atoms with E-state index in [1.165, 1.54) is 12.1 Å². The summed E-state index contributed by atoms with van der Waals surface area (Å²) in [5.74, 6) is 0. The third-order valence-electron chi connectivity index (χ3n) is 1.71. The number of halogens is 3. The lowest BCUT2D eigenvalue weighted by molar-refractivity contribution is -0.137. The molecule has 1 nitrogen and oxygen atoms in total. The summed E-state index contributed by atoms with van der Waals surface area (Å²) in [5.41, 5.74) is -0.633. The zero-order valence-electron chi connectivity index (χ0n) is 12.4. The van der Waals surface area contributed by atoms with Gasteiger partial charge >= 0.3 is 6.18 Å². The van der Waals surface area contributed by atoms with E-state index < -0.39 is 11.7 Å². The maximum absolute atomic E-state index is 11.8. The van der Waals surface area contributed by atoms with Crippen molar-refractivity contribution in [1.29, 1.82) is 0 Å². The summed E-state index contributed by atoms with van der Waals surface area (Å²) < 4.78 is 41.0. The van der Waals surface area contributed by atoms with Crippen molar-refractivity contribution in [3.63, 3.8) is 0 Å². The molecule has 1 aromatic rings. The second kappa shape index (κ2) is 6.42. The Bertz CT molecular complexity index is 344. The van der Waals surface area contributed by atoms with Crippen molar-refractivity contribution in [3.8, 4) is 0 Å². The summed E-state index contributed by atoms with van der Waals surface area (Å²) in [7, 11) is 0. The van der Waals surface area contributed by atoms with Crippen LogP contribution in [0.15, 0.2) is 30.3 Å². The Labute approximate surface area is 113 Å². The SMILES string of the molecule is CC(C)(C)OC(C)(C)C.FC(F)(F)c1ccccc1. The van der Waals surface area contributed by atoms with Crippen LogP contribution in [0, 0.1) is 0 Å². The Morgan fingerprint density at radius 2 is 1.11 bits per heavy atom. The van der Waals surface area contributed by atoms with Gasteiger partial charge in [0.25, 0.3) is 0 Å². The van der Waals surface area contributed by atoms with Crippen LogP contribution in [0.3, 0.4) is 0 Å². The van der Waals surface area contributed by atoms with E-state index in [1.807, 2.05) is 0 Å². The molecule has 0 fully saturated rings. The minimum Gasteiger partial charge on any atom is -0.370 e. The lowest BCUT2D eigenvalue weighted by atomic mass is 10.1. The molecule has 0 spiro atoms. The van der Waals surface area contributed by atoms with Crippen molar-refractivity contribution in [2.45, 2.75) is 58.9 Å². The van der Waals surface area contributed by atoms with E-state index in [9.17, 15) is 13.2 Å². The van der Waals surface area contributed by atoms with E-state index >= 15 is 0 Å². The van der Waals surface area contributed by atoms with Gasteiger partial charge in [0.15, 0.2) is 0 Å². The van der Waals surface area contributed by atoms with Crippen LogP contribution < -0.4 is 0 Å². The van der Waals surface area contributed by atoms with Crippen molar-refractivity contribution in [2.24, 2.45) is 0 Å². The quantitative estimate of drug-likeness (QED) is 0.624. The zero-order chi connectivity index (χ0) is 15.3. The molecule has 0 aliphatic heterocycles. The van der Waals surface area contributed by atoms with Crippen LogP contribution in [-0.4, -0.2) is 11.2 Å². The van der Waals surface area contributed by atoms with Gasteiger partial charge in [0.1, 0.15) is 0 Å². The summed E-state index contributed by atoms with van der Waals surface area (Å²) in [5, 5.41) is 0. The Kier molecular flexibility index (Phi) is 6.07. The van der Waals surface area contributed by atoms with Crippen LogP contribution in [-0.2, 0) is 10.9 Å².